The summed E-state index contributed by atoms with van der Waals surface area (Å²) < 4.78 is 0. The highest BCUT2D eigenvalue weighted by molar-refractivity contribution is 5.48. The number of anilines is 1. The minimum Gasteiger partial charge on any atom is -0.288 e. The highest BCUT2D eigenvalue weighted by Gasteiger charge is 2.39. The van der Waals surface area contributed by atoms with Crippen molar-refractivity contribution in [3.63, 3.8) is 0 Å². The topological polar surface area (TPSA) is 23.5 Å². The zero-order valence-electron chi connectivity index (χ0n) is 11.7. The summed E-state index contributed by atoms with van der Waals surface area (Å²) in [6.07, 6.45) is 5.60. The fourth-order valence-corrected chi connectivity index (χ4v) is 3.32. The number of rotatable bonds is 3. The van der Waals surface area contributed by atoms with E-state index < -0.39 is 0 Å². The van der Waals surface area contributed by atoms with Crippen LogP contribution in [-0.4, -0.2) is 5.21 Å². The maximum Gasteiger partial charge on any atom is 0.0919 e. The van der Waals surface area contributed by atoms with Gasteiger partial charge in [0.25, 0.3) is 0 Å². The van der Waals surface area contributed by atoms with E-state index in [1.54, 1.807) is 0 Å². The summed E-state index contributed by atoms with van der Waals surface area (Å²) in [6.45, 7) is 0. The number of hydrogen-bond donors (Lipinski definition) is 1. The van der Waals surface area contributed by atoms with Crippen molar-refractivity contribution in [2.24, 2.45) is 0 Å². The summed E-state index contributed by atoms with van der Waals surface area (Å²) in [5.74, 6) is 0. The van der Waals surface area contributed by atoms with Gasteiger partial charge in [-0.25, -0.2) is 5.06 Å². The molecule has 0 unspecified atom stereocenters. The van der Waals surface area contributed by atoms with Crippen LogP contribution in [0.15, 0.2) is 60.7 Å². The van der Waals surface area contributed by atoms with Gasteiger partial charge < -0.3 is 0 Å². The van der Waals surface area contributed by atoms with Crippen LogP contribution in [0.5, 0.6) is 0 Å². The number of nitrogens with zero attached hydrogens (tertiary/aromatic N) is 1. The molecule has 0 heterocycles. The molecule has 0 bridgehead atoms. The Hall–Kier alpha value is -1.80. The predicted molar refractivity (Wildman–Crippen MR) is 81.9 cm³/mol. The fourth-order valence-electron chi connectivity index (χ4n) is 3.32. The lowest BCUT2D eigenvalue weighted by atomic mass is 9.76. The molecule has 1 fully saturated rings. The first kappa shape index (κ1) is 13.2. The third kappa shape index (κ3) is 2.32. The van der Waals surface area contributed by atoms with Crippen molar-refractivity contribution in [2.45, 2.75) is 37.6 Å². The molecule has 1 N–H and O–H groups in total. The molecule has 0 atom stereocenters. The zero-order valence-corrected chi connectivity index (χ0v) is 11.7. The van der Waals surface area contributed by atoms with Crippen LogP contribution in [0.1, 0.15) is 37.7 Å². The molecule has 1 aliphatic rings. The summed E-state index contributed by atoms with van der Waals surface area (Å²) in [7, 11) is 0. The molecule has 0 radical (unpaired) electrons. The molecule has 3 rings (SSSR count). The van der Waals surface area contributed by atoms with Crippen molar-refractivity contribution in [3.05, 3.63) is 66.2 Å². The molecule has 1 saturated carbocycles. The Bertz CT molecular complexity index is 532. The van der Waals surface area contributed by atoms with Crippen molar-refractivity contribution in [1.29, 1.82) is 0 Å². The summed E-state index contributed by atoms with van der Waals surface area (Å²) >= 11 is 0. The van der Waals surface area contributed by atoms with Crippen LogP contribution in [0.4, 0.5) is 5.69 Å². The van der Waals surface area contributed by atoms with E-state index in [0.717, 1.165) is 18.5 Å². The van der Waals surface area contributed by atoms with Gasteiger partial charge in [-0.3, -0.25) is 5.21 Å². The Morgan fingerprint density at radius 1 is 0.750 bits per heavy atom. The van der Waals surface area contributed by atoms with Crippen LogP contribution < -0.4 is 5.06 Å². The van der Waals surface area contributed by atoms with Crippen LogP contribution in [0.25, 0.3) is 0 Å². The van der Waals surface area contributed by atoms with E-state index in [4.69, 9.17) is 0 Å². The van der Waals surface area contributed by atoms with Gasteiger partial charge in [0.2, 0.25) is 0 Å². The lowest BCUT2D eigenvalue weighted by molar-refractivity contribution is 0.113. The summed E-state index contributed by atoms with van der Waals surface area (Å²) in [5.41, 5.74) is 1.81. The monoisotopic (exact) mass is 267 g/mol. The average Bonchev–Trinajstić information content (AvgIpc) is 2.56. The van der Waals surface area contributed by atoms with Crippen molar-refractivity contribution >= 4 is 5.69 Å². The van der Waals surface area contributed by atoms with Gasteiger partial charge in [-0.1, -0.05) is 67.8 Å². The quantitative estimate of drug-likeness (QED) is 0.812. The molecule has 2 nitrogen and oxygen atoms in total. The van der Waals surface area contributed by atoms with E-state index in [0.29, 0.717) is 0 Å². The summed E-state index contributed by atoms with van der Waals surface area (Å²) in [5, 5.41) is 12.4. The Balaban J connectivity index is 2.02. The van der Waals surface area contributed by atoms with E-state index in [1.165, 1.54) is 29.9 Å². The van der Waals surface area contributed by atoms with Gasteiger partial charge in [0.05, 0.1) is 11.2 Å². The van der Waals surface area contributed by atoms with Crippen molar-refractivity contribution < 1.29 is 5.21 Å². The van der Waals surface area contributed by atoms with Gasteiger partial charge in [-0.15, -0.1) is 0 Å². The van der Waals surface area contributed by atoms with Gasteiger partial charge in [0, 0.05) is 0 Å². The average molecular weight is 267 g/mol. The number of para-hydroxylation sites is 1. The molecule has 0 spiro atoms. The summed E-state index contributed by atoms with van der Waals surface area (Å²) in [4.78, 5) is 0. The van der Waals surface area contributed by atoms with Crippen LogP contribution in [0.3, 0.4) is 0 Å². The molecule has 0 saturated heterocycles. The number of hydrogen-bond acceptors (Lipinski definition) is 2. The van der Waals surface area contributed by atoms with E-state index in [9.17, 15) is 5.21 Å². The van der Waals surface area contributed by atoms with Crippen molar-refractivity contribution in [1.82, 2.24) is 0 Å². The summed E-state index contributed by atoms with van der Waals surface area (Å²) in [6, 6.07) is 20.3. The lowest BCUT2D eigenvalue weighted by Crippen LogP contribution is -2.46. The molecule has 2 heteroatoms. The molecular weight excluding hydrogens is 246 g/mol. The molecule has 0 aromatic heterocycles. The molecule has 2 aromatic rings. The maximum atomic E-state index is 10.9. The third-order valence-corrected chi connectivity index (χ3v) is 4.40. The minimum atomic E-state index is -0.277. The second kappa shape index (κ2) is 5.68. The molecule has 0 amide bonds. The van der Waals surface area contributed by atoms with Crippen LogP contribution in [0.2, 0.25) is 0 Å². The standard InChI is InChI=1S/C18H21NO/c20-19(17-12-6-2-7-13-17)18(14-8-3-9-15-18)16-10-4-1-5-11-16/h1-2,4-7,10-13,20H,3,8-9,14-15H2. The largest absolute Gasteiger partial charge is 0.288 e. The predicted octanol–water partition coefficient (Wildman–Crippen LogP) is 4.74. The van der Waals surface area contributed by atoms with Gasteiger partial charge in [-0.2, -0.15) is 0 Å². The third-order valence-electron chi connectivity index (χ3n) is 4.40. The molecule has 104 valence electrons. The fraction of sp³-hybridized carbons (Fsp3) is 0.333. The second-order valence-corrected chi connectivity index (χ2v) is 5.61. The van der Waals surface area contributed by atoms with E-state index >= 15 is 0 Å². The Morgan fingerprint density at radius 3 is 1.90 bits per heavy atom. The van der Waals surface area contributed by atoms with E-state index in [2.05, 4.69) is 24.3 Å². The van der Waals surface area contributed by atoms with Crippen molar-refractivity contribution in [2.75, 3.05) is 5.06 Å². The number of hydroxylamine groups is 1. The first-order valence-corrected chi connectivity index (χ1v) is 7.43. The smallest absolute Gasteiger partial charge is 0.0919 e. The van der Waals surface area contributed by atoms with Crippen LogP contribution in [-0.2, 0) is 5.54 Å². The van der Waals surface area contributed by atoms with Gasteiger partial charge in [-0.05, 0) is 30.5 Å². The first-order chi connectivity index (χ1) is 9.83. The van der Waals surface area contributed by atoms with Crippen LogP contribution >= 0.6 is 0 Å². The highest BCUT2D eigenvalue weighted by Crippen LogP contribution is 2.43. The SMILES string of the molecule is ON(c1ccccc1)C1(c2ccccc2)CCCCC1. The normalized spacial score (nSPS) is 17.6. The molecule has 2 aromatic carbocycles. The van der Waals surface area contributed by atoms with Gasteiger partial charge >= 0.3 is 0 Å². The van der Waals surface area contributed by atoms with E-state index in [-0.39, 0.29) is 5.54 Å². The molecule has 1 aliphatic carbocycles. The first-order valence-electron chi connectivity index (χ1n) is 7.43. The van der Waals surface area contributed by atoms with E-state index in [1.807, 2.05) is 36.4 Å². The van der Waals surface area contributed by atoms with Crippen LogP contribution in [0, 0.1) is 0 Å². The van der Waals surface area contributed by atoms with Crippen molar-refractivity contribution in [3.8, 4) is 0 Å². The molecule has 0 aliphatic heterocycles. The number of benzene rings is 2. The maximum absolute atomic E-state index is 10.9. The lowest BCUT2D eigenvalue weighted by Gasteiger charge is -2.44. The highest BCUT2D eigenvalue weighted by atomic mass is 16.5. The molecular formula is C18H21NO. The van der Waals surface area contributed by atoms with Gasteiger partial charge in [0.15, 0.2) is 0 Å². The zero-order chi connectivity index (χ0) is 13.8. The minimum absolute atomic E-state index is 0.277. The Labute approximate surface area is 120 Å². The van der Waals surface area contributed by atoms with Gasteiger partial charge in [0.1, 0.15) is 0 Å². The molecule has 20 heavy (non-hydrogen) atoms. The Morgan fingerprint density at radius 2 is 1.30 bits per heavy atom. The Kier molecular flexibility index (Phi) is 3.75. The second-order valence-electron chi connectivity index (χ2n) is 5.61.